The smallest absolute Gasteiger partial charge is 0.230 e. The van der Waals surface area contributed by atoms with Gasteiger partial charge in [0.25, 0.3) is 0 Å². The fourth-order valence-electron chi connectivity index (χ4n) is 1.61. The van der Waals surface area contributed by atoms with E-state index in [0.717, 1.165) is 17.7 Å². The van der Waals surface area contributed by atoms with Gasteiger partial charge in [-0.15, -0.1) is 0 Å². The molecule has 0 saturated heterocycles. The topological polar surface area (TPSA) is 66.8 Å². The predicted octanol–water partition coefficient (Wildman–Crippen LogP) is 1.74. The molecule has 0 unspecified atom stereocenters. The van der Waals surface area contributed by atoms with Crippen LogP contribution in [0.1, 0.15) is 12.5 Å². The van der Waals surface area contributed by atoms with E-state index in [9.17, 15) is 0 Å². The van der Waals surface area contributed by atoms with Crippen molar-refractivity contribution < 1.29 is 0 Å². The number of nitrogens with one attached hydrogen (secondary N) is 1. The summed E-state index contributed by atoms with van der Waals surface area (Å²) in [4.78, 5) is 19.2. The van der Waals surface area contributed by atoms with Gasteiger partial charge in [-0.3, -0.25) is 4.98 Å². The molecule has 0 saturated carbocycles. The lowest BCUT2D eigenvalue weighted by atomic mass is 10.2. The maximum atomic E-state index is 4.45. The number of nitrogens with zero attached hydrogens (tertiary/aromatic N) is 5. The van der Waals surface area contributed by atoms with Crippen LogP contribution in [0.5, 0.6) is 0 Å². The molecule has 0 amide bonds. The molecule has 2 rings (SSSR count). The first-order chi connectivity index (χ1) is 9.10. The van der Waals surface area contributed by atoms with Gasteiger partial charge in [0.05, 0.1) is 0 Å². The van der Waals surface area contributed by atoms with Crippen molar-refractivity contribution in [1.82, 2.24) is 19.9 Å². The van der Waals surface area contributed by atoms with Crippen molar-refractivity contribution in [3.05, 3.63) is 24.0 Å². The average molecular weight is 258 g/mol. The van der Waals surface area contributed by atoms with Crippen LogP contribution in [-0.4, -0.2) is 40.6 Å². The third kappa shape index (κ3) is 3.15. The Morgan fingerprint density at radius 2 is 1.95 bits per heavy atom. The molecular formula is C13H18N6. The van der Waals surface area contributed by atoms with E-state index in [-0.39, 0.29) is 0 Å². The molecule has 2 aromatic rings. The van der Waals surface area contributed by atoms with Gasteiger partial charge in [-0.1, -0.05) is 0 Å². The van der Waals surface area contributed by atoms with E-state index in [1.54, 1.807) is 6.20 Å². The highest BCUT2D eigenvalue weighted by atomic mass is 15.3. The number of anilines is 2. The van der Waals surface area contributed by atoms with Crippen LogP contribution in [0.4, 0.5) is 11.9 Å². The first-order valence-electron chi connectivity index (χ1n) is 6.19. The van der Waals surface area contributed by atoms with Gasteiger partial charge in [0.15, 0.2) is 5.82 Å². The van der Waals surface area contributed by atoms with Crippen molar-refractivity contribution >= 4 is 11.9 Å². The lowest BCUT2D eigenvalue weighted by molar-refractivity contribution is 0.952. The Bertz CT molecular complexity index is 567. The molecule has 0 aliphatic heterocycles. The summed E-state index contributed by atoms with van der Waals surface area (Å²) < 4.78 is 0. The highest BCUT2D eigenvalue weighted by Crippen LogP contribution is 2.18. The second-order valence-corrected chi connectivity index (χ2v) is 4.46. The maximum absolute atomic E-state index is 4.45. The summed E-state index contributed by atoms with van der Waals surface area (Å²) in [5.74, 6) is 1.84. The molecule has 0 radical (unpaired) electrons. The van der Waals surface area contributed by atoms with E-state index in [0.29, 0.717) is 17.7 Å². The van der Waals surface area contributed by atoms with Crippen molar-refractivity contribution in [3.63, 3.8) is 0 Å². The van der Waals surface area contributed by atoms with Gasteiger partial charge in [0.1, 0.15) is 0 Å². The molecule has 0 aromatic carbocycles. The van der Waals surface area contributed by atoms with Crippen LogP contribution < -0.4 is 10.2 Å². The number of rotatable bonds is 4. The summed E-state index contributed by atoms with van der Waals surface area (Å²) in [5.41, 5.74) is 1.97. The van der Waals surface area contributed by atoms with E-state index < -0.39 is 0 Å². The molecule has 19 heavy (non-hydrogen) atoms. The van der Waals surface area contributed by atoms with Crippen LogP contribution >= 0.6 is 0 Å². The summed E-state index contributed by atoms with van der Waals surface area (Å²) in [6.45, 7) is 4.77. The van der Waals surface area contributed by atoms with Crippen molar-refractivity contribution in [3.8, 4) is 11.4 Å². The number of hydrogen-bond donors (Lipinski definition) is 1. The van der Waals surface area contributed by atoms with Gasteiger partial charge >= 0.3 is 0 Å². The van der Waals surface area contributed by atoms with E-state index in [1.165, 1.54) is 0 Å². The zero-order valence-electron chi connectivity index (χ0n) is 11.7. The molecule has 0 atom stereocenters. The predicted molar refractivity (Wildman–Crippen MR) is 76.3 cm³/mol. The molecule has 6 nitrogen and oxygen atoms in total. The summed E-state index contributed by atoms with van der Waals surface area (Å²) in [5, 5.41) is 3.12. The van der Waals surface area contributed by atoms with Gasteiger partial charge in [0, 0.05) is 38.6 Å². The number of aryl methyl sites for hydroxylation is 1. The molecule has 100 valence electrons. The molecule has 2 aromatic heterocycles. The molecule has 2 heterocycles. The minimum absolute atomic E-state index is 0.581. The van der Waals surface area contributed by atoms with E-state index >= 15 is 0 Å². The Morgan fingerprint density at radius 3 is 2.58 bits per heavy atom. The van der Waals surface area contributed by atoms with Crippen molar-refractivity contribution in [1.29, 1.82) is 0 Å². The third-order valence-corrected chi connectivity index (χ3v) is 2.49. The summed E-state index contributed by atoms with van der Waals surface area (Å²) >= 11 is 0. The fraction of sp³-hybridized carbons (Fsp3) is 0.385. The zero-order chi connectivity index (χ0) is 13.8. The Morgan fingerprint density at radius 1 is 1.16 bits per heavy atom. The Balaban J connectivity index is 2.49. The Hall–Kier alpha value is -2.24. The van der Waals surface area contributed by atoms with Crippen LogP contribution in [0.15, 0.2) is 18.5 Å². The minimum atomic E-state index is 0.581. The van der Waals surface area contributed by atoms with Gasteiger partial charge in [-0.2, -0.15) is 15.0 Å². The molecule has 0 spiro atoms. The highest BCUT2D eigenvalue weighted by molar-refractivity contribution is 5.57. The number of hydrogen-bond acceptors (Lipinski definition) is 6. The number of pyridine rings is 1. The third-order valence-electron chi connectivity index (χ3n) is 2.49. The largest absolute Gasteiger partial charge is 0.354 e. The fourth-order valence-corrected chi connectivity index (χ4v) is 1.61. The normalized spacial score (nSPS) is 10.3. The number of aromatic nitrogens is 4. The lowest BCUT2D eigenvalue weighted by Crippen LogP contribution is -2.15. The first-order valence-corrected chi connectivity index (χ1v) is 6.19. The standard InChI is InChI=1S/C13H18N6/c1-5-15-12-16-11(17-13(18-12)19(3)4)10-6-9(2)7-14-8-10/h6-8H,5H2,1-4H3,(H,15,16,17,18). The molecule has 6 heteroatoms. The van der Waals surface area contributed by atoms with Crippen LogP contribution in [-0.2, 0) is 0 Å². The maximum Gasteiger partial charge on any atom is 0.230 e. The van der Waals surface area contributed by atoms with E-state index in [2.05, 4.69) is 25.3 Å². The Kier molecular flexibility index (Phi) is 3.89. The highest BCUT2D eigenvalue weighted by Gasteiger charge is 2.09. The van der Waals surface area contributed by atoms with Crippen molar-refractivity contribution in [2.24, 2.45) is 0 Å². The van der Waals surface area contributed by atoms with Crippen LogP contribution in [0.3, 0.4) is 0 Å². The summed E-state index contributed by atoms with van der Waals surface area (Å²) in [6, 6.07) is 2.01. The molecule has 0 aliphatic rings. The van der Waals surface area contributed by atoms with Gasteiger partial charge < -0.3 is 10.2 Å². The molecule has 1 N–H and O–H groups in total. The monoisotopic (exact) mass is 258 g/mol. The molecule has 0 fully saturated rings. The Labute approximate surface area is 113 Å². The SMILES string of the molecule is CCNc1nc(-c2cncc(C)c2)nc(N(C)C)n1. The molecular weight excluding hydrogens is 240 g/mol. The average Bonchev–Trinajstić information content (AvgIpc) is 2.38. The van der Waals surface area contributed by atoms with E-state index in [4.69, 9.17) is 0 Å². The van der Waals surface area contributed by atoms with Gasteiger partial charge in [-0.25, -0.2) is 0 Å². The molecule has 0 aliphatic carbocycles. The van der Waals surface area contributed by atoms with E-state index in [1.807, 2.05) is 45.1 Å². The first kappa shape index (κ1) is 13.2. The summed E-state index contributed by atoms with van der Waals surface area (Å²) in [6.07, 6.45) is 3.57. The lowest BCUT2D eigenvalue weighted by Gasteiger charge is -2.13. The molecule has 0 bridgehead atoms. The summed E-state index contributed by atoms with van der Waals surface area (Å²) in [7, 11) is 3.81. The van der Waals surface area contributed by atoms with Gasteiger partial charge in [-0.05, 0) is 25.5 Å². The second kappa shape index (κ2) is 5.60. The quantitative estimate of drug-likeness (QED) is 0.901. The van der Waals surface area contributed by atoms with Gasteiger partial charge in [0.2, 0.25) is 11.9 Å². The van der Waals surface area contributed by atoms with Crippen LogP contribution in [0.2, 0.25) is 0 Å². The van der Waals surface area contributed by atoms with Crippen molar-refractivity contribution in [2.45, 2.75) is 13.8 Å². The minimum Gasteiger partial charge on any atom is -0.354 e. The van der Waals surface area contributed by atoms with Crippen LogP contribution in [0.25, 0.3) is 11.4 Å². The second-order valence-electron chi connectivity index (χ2n) is 4.46. The van der Waals surface area contributed by atoms with Crippen LogP contribution in [0, 0.1) is 6.92 Å². The van der Waals surface area contributed by atoms with Crippen molar-refractivity contribution in [2.75, 3.05) is 30.9 Å². The zero-order valence-corrected chi connectivity index (χ0v) is 11.7.